The Morgan fingerprint density at radius 2 is 1.78 bits per heavy atom. The van der Waals surface area contributed by atoms with E-state index in [4.69, 9.17) is 10.5 Å². The molecule has 2 fully saturated rings. The normalized spacial score (nSPS) is 20.4. The number of thioether (sulfide) groups is 1. The summed E-state index contributed by atoms with van der Waals surface area (Å²) >= 11 is 5.10. The molecule has 3 atom stereocenters. The third-order valence-electron chi connectivity index (χ3n) is 8.18. The Balaban J connectivity index is 1.64. The van der Waals surface area contributed by atoms with Crippen molar-refractivity contribution < 1.29 is 32.3 Å². The van der Waals surface area contributed by atoms with Crippen LogP contribution in [0.2, 0.25) is 0 Å². The first kappa shape index (κ1) is 35.1. The van der Waals surface area contributed by atoms with Crippen LogP contribution in [0.4, 0.5) is 18.0 Å². The van der Waals surface area contributed by atoms with E-state index >= 15 is 0 Å². The van der Waals surface area contributed by atoms with Gasteiger partial charge in [-0.25, -0.2) is 4.79 Å². The van der Waals surface area contributed by atoms with Crippen LogP contribution in [0.3, 0.4) is 0 Å². The minimum atomic E-state index is -4.54. The van der Waals surface area contributed by atoms with Gasteiger partial charge in [-0.05, 0) is 93.0 Å². The number of rotatable bonds is 12. The zero-order chi connectivity index (χ0) is 32.7. The lowest BCUT2D eigenvalue weighted by molar-refractivity contribution is -0.173. The number of benzene rings is 2. The monoisotopic (exact) mass is 712 g/mol. The molecule has 2 aliphatic rings. The number of piperazine rings is 1. The molecule has 2 aromatic carbocycles. The summed E-state index contributed by atoms with van der Waals surface area (Å²) in [6.07, 6.45) is -1.21. The first-order chi connectivity index (χ1) is 21.4. The standard InChI is InChI=1S/C32H40BrF3N4O4S/c1-21-14-23(17-25(15-21)32(34,35)36)20-44-31(43)39-18-24(16-22-7-9-26(33)10-8-22)29(41)40-27(6-3-4-11-37)30(42)38(19-28(39)40)12-5-13-45-2/h7-10,14-15,17,24,27-28H,3-6,11-13,16,18-20,37H2,1-2H3/t24-,27-,28+/m0/s1. The summed E-state index contributed by atoms with van der Waals surface area (Å²) < 4.78 is 46.8. The summed E-state index contributed by atoms with van der Waals surface area (Å²) in [5.41, 5.74) is 6.42. The number of carbonyl (C=O) groups is 3. The fraction of sp³-hybridized carbons (Fsp3) is 0.531. The van der Waals surface area contributed by atoms with Crippen LogP contribution in [0, 0.1) is 12.8 Å². The van der Waals surface area contributed by atoms with Gasteiger partial charge in [0.15, 0.2) is 0 Å². The second-order valence-electron chi connectivity index (χ2n) is 11.6. The molecule has 0 aromatic heterocycles. The maximum absolute atomic E-state index is 14.1. The molecule has 0 unspecified atom stereocenters. The molecule has 8 nitrogen and oxygen atoms in total. The predicted molar refractivity (Wildman–Crippen MR) is 171 cm³/mol. The van der Waals surface area contributed by atoms with Crippen molar-refractivity contribution in [2.24, 2.45) is 11.7 Å². The van der Waals surface area contributed by atoms with Crippen molar-refractivity contribution in [3.8, 4) is 0 Å². The lowest BCUT2D eigenvalue weighted by Gasteiger charge is -2.53. The third-order valence-corrected chi connectivity index (χ3v) is 9.41. The molecule has 2 aromatic rings. The average Bonchev–Trinajstić information content (AvgIpc) is 2.99. The van der Waals surface area contributed by atoms with Crippen LogP contribution >= 0.6 is 27.7 Å². The predicted octanol–water partition coefficient (Wildman–Crippen LogP) is 5.84. The van der Waals surface area contributed by atoms with E-state index in [0.717, 1.165) is 34.3 Å². The van der Waals surface area contributed by atoms with Gasteiger partial charge in [0, 0.05) is 17.6 Å². The van der Waals surface area contributed by atoms with E-state index in [9.17, 15) is 27.6 Å². The molecule has 0 spiro atoms. The Hall–Kier alpha value is -2.77. The molecule has 13 heteroatoms. The molecule has 2 N–H and O–H groups in total. The Morgan fingerprint density at radius 3 is 2.44 bits per heavy atom. The number of halogens is 4. The number of hydrogen-bond acceptors (Lipinski definition) is 6. The Labute approximate surface area is 274 Å². The fourth-order valence-electron chi connectivity index (χ4n) is 6.05. The summed E-state index contributed by atoms with van der Waals surface area (Å²) in [7, 11) is 0. The van der Waals surface area contributed by atoms with E-state index < -0.39 is 36.0 Å². The topological polar surface area (TPSA) is 96.2 Å². The van der Waals surface area contributed by atoms with Crippen molar-refractivity contribution in [1.82, 2.24) is 14.7 Å². The number of unbranched alkanes of at least 4 members (excludes halogenated alkanes) is 1. The molecule has 3 amide bonds. The molecule has 4 rings (SSSR count). The third kappa shape index (κ3) is 8.94. The van der Waals surface area contributed by atoms with E-state index in [2.05, 4.69) is 15.9 Å². The van der Waals surface area contributed by atoms with Gasteiger partial charge in [-0.3, -0.25) is 14.5 Å². The smallest absolute Gasteiger partial charge is 0.416 e. The van der Waals surface area contributed by atoms with Crippen LogP contribution in [0.1, 0.15) is 47.9 Å². The van der Waals surface area contributed by atoms with Gasteiger partial charge in [-0.2, -0.15) is 24.9 Å². The van der Waals surface area contributed by atoms with Crippen LogP contribution in [0.5, 0.6) is 0 Å². The van der Waals surface area contributed by atoms with Gasteiger partial charge >= 0.3 is 12.3 Å². The highest BCUT2D eigenvalue weighted by atomic mass is 79.9. The highest BCUT2D eigenvalue weighted by molar-refractivity contribution is 9.10. The molecule has 0 radical (unpaired) electrons. The van der Waals surface area contributed by atoms with Crippen molar-refractivity contribution in [2.45, 2.75) is 64.0 Å². The molecule has 2 saturated heterocycles. The van der Waals surface area contributed by atoms with Gasteiger partial charge in [0.25, 0.3) is 0 Å². The Bertz CT molecular complexity index is 1350. The largest absolute Gasteiger partial charge is 0.444 e. The van der Waals surface area contributed by atoms with Gasteiger partial charge in [-0.1, -0.05) is 39.7 Å². The van der Waals surface area contributed by atoms with E-state index in [1.807, 2.05) is 30.5 Å². The summed E-state index contributed by atoms with van der Waals surface area (Å²) in [5, 5.41) is 0. The number of ether oxygens (including phenoxy) is 1. The second-order valence-corrected chi connectivity index (χ2v) is 13.5. The number of alkyl halides is 3. The first-order valence-electron chi connectivity index (χ1n) is 15.1. The molecule has 2 aliphatic heterocycles. The Kier molecular flexibility index (Phi) is 12.2. The minimum absolute atomic E-state index is 0.0544. The fourth-order valence-corrected chi connectivity index (χ4v) is 6.73. The second kappa shape index (κ2) is 15.7. The summed E-state index contributed by atoms with van der Waals surface area (Å²) in [6.45, 7) is 2.31. The minimum Gasteiger partial charge on any atom is -0.444 e. The lowest BCUT2D eigenvalue weighted by atomic mass is 9.90. The number of nitrogens with two attached hydrogens (primary N) is 1. The van der Waals surface area contributed by atoms with E-state index in [1.54, 1.807) is 34.6 Å². The van der Waals surface area contributed by atoms with Crippen LogP contribution in [-0.4, -0.2) is 83.0 Å². The molecule has 0 saturated carbocycles. The van der Waals surface area contributed by atoms with Gasteiger partial charge in [0.2, 0.25) is 11.8 Å². The molecule has 246 valence electrons. The van der Waals surface area contributed by atoms with Crippen LogP contribution < -0.4 is 5.73 Å². The Morgan fingerprint density at radius 1 is 1.04 bits per heavy atom. The van der Waals surface area contributed by atoms with Gasteiger partial charge < -0.3 is 20.3 Å². The number of aryl methyl sites for hydroxylation is 1. The lowest BCUT2D eigenvalue weighted by Crippen LogP contribution is -2.73. The zero-order valence-electron chi connectivity index (χ0n) is 25.5. The molecular formula is C32H40BrF3N4O4S. The van der Waals surface area contributed by atoms with Crippen LogP contribution in [0.15, 0.2) is 46.9 Å². The number of hydrogen-bond donors (Lipinski definition) is 1. The van der Waals surface area contributed by atoms with E-state index in [-0.39, 0.29) is 37.1 Å². The molecule has 45 heavy (non-hydrogen) atoms. The van der Waals surface area contributed by atoms with E-state index in [0.29, 0.717) is 44.3 Å². The number of amides is 3. The summed E-state index contributed by atoms with van der Waals surface area (Å²) in [4.78, 5) is 46.5. The van der Waals surface area contributed by atoms with Crippen LogP contribution in [0.25, 0.3) is 0 Å². The summed E-state index contributed by atoms with van der Waals surface area (Å²) in [5.74, 6) is -0.129. The molecule has 0 aliphatic carbocycles. The number of fused-ring (bicyclic) bond motifs is 1. The van der Waals surface area contributed by atoms with Crippen molar-refractivity contribution in [3.05, 3.63) is 69.2 Å². The van der Waals surface area contributed by atoms with Crippen molar-refractivity contribution in [3.63, 3.8) is 0 Å². The average molecular weight is 714 g/mol. The highest BCUT2D eigenvalue weighted by Gasteiger charge is 2.51. The molecule has 2 heterocycles. The molecular weight excluding hydrogens is 673 g/mol. The SMILES string of the molecule is CSCCCN1C[C@@H]2N(C(=O)OCc3cc(C)cc(C(F)(F)F)c3)C[C@H](Cc3ccc(Br)cc3)C(=O)N2[C@@H](CCCCN)C1=O. The van der Waals surface area contributed by atoms with Crippen molar-refractivity contribution in [2.75, 3.05) is 38.2 Å². The van der Waals surface area contributed by atoms with Crippen molar-refractivity contribution >= 4 is 45.6 Å². The summed E-state index contributed by atoms with van der Waals surface area (Å²) in [6, 6.07) is 10.4. The zero-order valence-corrected chi connectivity index (χ0v) is 27.9. The van der Waals surface area contributed by atoms with E-state index in [1.165, 1.54) is 4.90 Å². The maximum Gasteiger partial charge on any atom is 0.416 e. The quantitative estimate of drug-likeness (QED) is 0.278. The van der Waals surface area contributed by atoms with Gasteiger partial charge in [-0.15, -0.1) is 0 Å². The number of carbonyl (C=O) groups excluding carboxylic acids is 3. The van der Waals surface area contributed by atoms with Crippen LogP contribution in [-0.2, 0) is 33.5 Å². The number of nitrogens with zero attached hydrogens (tertiary/aromatic N) is 3. The first-order valence-corrected chi connectivity index (χ1v) is 17.3. The van der Waals surface area contributed by atoms with Crippen molar-refractivity contribution in [1.29, 1.82) is 0 Å². The van der Waals surface area contributed by atoms with Gasteiger partial charge in [0.05, 0.1) is 18.0 Å². The van der Waals surface area contributed by atoms with Gasteiger partial charge in [0.1, 0.15) is 18.8 Å². The highest BCUT2D eigenvalue weighted by Crippen LogP contribution is 2.33. The maximum atomic E-state index is 14.1. The molecule has 0 bridgehead atoms.